The zero-order valence-electron chi connectivity index (χ0n) is 13.2. The van der Waals surface area contributed by atoms with Gasteiger partial charge in [0.2, 0.25) is 0 Å². The second-order valence-corrected chi connectivity index (χ2v) is 5.69. The first-order valence-electron chi connectivity index (χ1n) is 7.69. The molecule has 2 rings (SSSR count). The maximum Gasteiger partial charge on any atom is 0.330 e. The van der Waals surface area contributed by atoms with Crippen LogP contribution in [-0.4, -0.2) is 39.6 Å². The van der Waals surface area contributed by atoms with Gasteiger partial charge in [-0.3, -0.25) is 14.3 Å². The van der Waals surface area contributed by atoms with Crippen LogP contribution in [0.1, 0.15) is 45.8 Å². The molecule has 4 atom stereocenters. The molecular weight excluding hydrogens is 288 g/mol. The second-order valence-electron chi connectivity index (χ2n) is 5.69. The summed E-state index contributed by atoms with van der Waals surface area (Å²) in [5.74, 6) is 0. The van der Waals surface area contributed by atoms with Crippen molar-refractivity contribution < 1.29 is 14.6 Å². The van der Waals surface area contributed by atoms with E-state index in [0.717, 1.165) is 12.8 Å². The van der Waals surface area contributed by atoms with E-state index in [1.54, 1.807) is 0 Å². The maximum atomic E-state index is 12.0. The van der Waals surface area contributed by atoms with Crippen molar-refractivity contribution in [2.24, 2.45) is 0 Å². The van der Waals surface area contributed by atoms with Gasteiger partial charge in [-0.25, -0.2) is 4.79 Å². The Kier molecular flexibility index (Phi) is 5.20. The van der Waals surface area contributed by atoms with Crippen molar-refractivity contribution in [2.75, 3.05) is 7.11 Å². The van der Waals surface area contributed by atoms with Gasteiger partial charge in [-0.15, -0.1) is 0 Å². The molecular formula is C15H24N2O5. The summed E-state index contributed by atoms with van der Waals surface area (Å²) in [6.07, 6.45) is 2.31. The first-order valence-corrected chi connectivity index (χ1v) is 7.69. The third-order valence-corrected chi connectivity index (χ3v) is 4.44. The Morgan fingerprint density at radius 2 is 2.18 bits per heavy atom. The molecule has 0 saturated carbocycles. The average molecular weight is 312 g/mol. The molecule has 1 fully saturated rings. The van der Waals surface area contributed by atoms with Crippen LogP contribution in [0, 0.1) is 0 Å². The smallest absolute Gasteiger partial charge is 0.330 e. The van der Waals surface area contributed by atoms with Gasteiger partial charge in [-0.2, -0.15) is 0 Å². The van der Waals surface area contributed by atoms with E-state index in [-0.39, 0.29) is 0 Å². The topological polar surface area (TPSA) is 93.6 Å². The van der Waals surface area contributed by atoms with Crippen LogP contribution < -0.4 is 11.2 Å². The molecule has 0 bridgehead atoms. The molecule has 0 aromatic carbocycles. The van der Waals surface area contributed by atoms with Crippen LogP contribution in [-0.2, 0) is 9.47 Å². The summed E-state index contributed by atoms with van der Waals surface area (Å²) in [5, 5.41) is 10.7. The van der Waals surface area contributed by atoms with Crippen molar-refractivity contribution in [2.45, 2.75) is 63.6 Å². The van der Waals surface area contributed by atoms with E-state index < -0.39 is 35.3 Å². The third kappa shape index (κ3) is 2.88. The lowest BCUT2D eigenvalue weighted by atomic mass is 9.87. The van der Waals surface area contributed by atoms with E-state index in [4.69, 9.17) is 9.47 Å². The predicted molar refractivity (Wildman–Crippen MR) is 80.8 cm³/mol. The van der Waals surface area contributed by atoms with Crippen LogP contribution in [0.25, 0.3) is 0 Å². The lowest BCUT2D eigenvalue weighted by molar-refractivity contribution is -0.113. The number of rotatable bonds is 6. The van der Waals surface area contributed by atoms with Crippen LogP contribution in [0.3, 0.4) is 0 Å². The first-order chi connectivity index (χ1) is 10.5. The van der Waals surface area contributed by atoms with Crippen molar-refractivity contribution in [3.8, 4) is 0 Å². The fourth-order valence-corrected chi connectivity index (χ4v) is 3.07. The quantitative estimate of drug-likeness (QED) is 0.809. The van der Waals surface area contributed by atoms with Gasteiger partial charge in [0.05, 0.1) is 5.60 Å². The number of aliphatic hydroxyl groups excluding tert-OH is 1. The monoisotopic (exact) mass is 312 g/mol. The number of nitrogens with one attached hydrogen (secondary N) is 1. The van der Waals surface area contributed by atoms with Crippen molar-refractivity contribution in [1.29, 1.82) is 0 Å². The van der Waals surface area contributed by atoms with E-state index >= 15 is 0 Å². The molecule has 7 heteroatoms. The van der Waals surface area contributed by atoms with Gasteiger partial charge in [0.15, 0.2) is 6.23 Å². The molecule has 2 N–H and O–H groups in total. The zero-order valence-corrected chi connectivity index (χ0v) is 13.2. The maximum absolute atomic E-state index is 12.0. The SMILES string of the molecule is CCCC[C@]1(CC)O[C@@H](n2ccc(=O)[nH]c2=O)[C@@H](OC)C1O. The van der Waals surface area contributed by atoms with E-state index in [0.29, 0.717) is 12.8 Å². The Hall–Kier alpha value is -1.44. The summed E-state index contributed by atoms with van der Waals surface area (Å²) in [6.45, 7) is 4.02. The molecule has 1 aliphatic heterocycles. The number of H-pyrrole nitrogens is 1. The number of nitrogens with zero attached hydrogens (tertiary/aromatic N) is 1. The summed E-state index contributed by atoms with van der Waals surface area (Å²) >= 11 is 0. The Balaban J connectivity index is 2.39. The first kappa shape index (κ1) is 16.9. The van der Waals surface area contributed by atoms with E-state index in [1.165, 1.54) is 23.9 Å². The second kappa shape index (κ2) is 6.76. The molecule has 1 saturated heterocycles. The van der Waals surface area contributed by atoms with Crippen LogP contribution >= 0.6 is 0 Å². The minimum absolute atomic E-state index is 0.471. The number of aromatic nitrogens is 2. The Morgan fingerprint density at radius 1 is 1.45 bits per heavy atom. The molecule has 0 aliphatic carbocycles. The lowest BCUT2D eigenvalue weighted by Crippen LogP contribution is -2.43. The van der Waals surface area contributed by atoms with Crippen molar-refractivity contribution in [1.82, 2.24) is 9.55 Å². The molecule has 0 radical (unpaired) electrons. The molecule has 0 amide bonds. The van der Waals surface area contributed by atoms with Crippen LogP contribution in [0.15, 0.2) is 21.9 Å². The van der Waals surface area contributed by atoms with Crippen molar-refractivity contribution >= 4 is 0 Å². The highest BCUT2D eigenvalue weighted by atomic mass is 16.6. The van der Waals surface area contributed by atoms with Gasteiger partial charge in [-0.1, -0.05) is 26.7 Å². The molecule has 124 valence electrons. The minimum atomic E-state index is -0.835. The Labute approximate surface area is 128 Å². The molecule has 0 spiro atoms. The summed E-state index contributed by atoms with van der Waals surface area (Å²) in [5.41, 5.74) is -1.78. The molecule has 22 heavy (non-hydrogen) atoms. The Morgan fingerprint density at radius 3 is 2.73 bits per heavy atom. The number of hydrogen-bond acceptors (Lipinski definition) is 5. The summed E-state index contributed by atoms with van der Waals surface area (Å²) in [6, 6.07) is 1.25. The number of aliphatic hydroxyl groups is 1. The highest BCUT2D eigenvalue weighted by Crippen LogP contribution is 2.43. The summed E-state index contributed by atoms with van der Waals surface area (Å²) < 4.78 is 12.7. The standard InChI is InChI=1S/C15H24N2O5/c1-4-6-8-15(5-2)12(19)11(21-3)13(22-15)17-9-7-10(18)16-14(17)20/h7,9,11-13,19H,4-6,8H2,1-3H3,(H,16,18,20)/t11-,12?,13+,15-/m0/s1. The number of ether oxygens (including phenoxy) is 2. The van der Waals surface area contributed by atoms with Gasteiger partial charge < -0.3 is 14.6 Å². The average Bonchev–Trinajstić information content (AvgIpc) is 2.78. The molecule has 1 aromatic rings. The zero-order chi connectivity index (χ0) is 16.3. The third-order valence-electron chi connectivity index (χ3n) is 4.44. The van der Waals surface area contributed by atoms with E-state index in [1.807, 2.05) is 6.92 Å². The fraction of sp³-hybridized carbons (Fsp3) is 0.733. The van der Waals surface area contributed by atoms with Crippen LogP contribution in [0.5, 0.6) is 0 Å². The largest absolute Gasteiger partial charge is 0.387 e. The van der Waals surface area contributed by atoms with Crippen LogP contribution in [0.2, 0.25) is 0 Å². The molecule has 1 unspecified atom stereocenters. The summed E-state index contributed by atoms with van der Waals surface area (Å²) in [4.78, 5) is 25.4. The number of unbranched alkanes of at least 4 members (excludes halogenated alkanes) is 1. The van der Waals surface area contributed by atoms with E-state index in [9.17, 15) is 14.7 Å². The highest BCUT2D eigenvalue weighted by Gasteiger charge is 2.54. The summed E-state index contributed by atoms with van der Waals surface area (Å²) in [7, 11) is 1.48. The fourth-order valence-electron chi connectivity index (χ4n) is 3.07. The van der Waals surface area contributed by atoms with Gasteiger partial charge >= 0.3 is 5.69 Å². The molecule has 1 aliphatic rings. The predicted octanol–water partition coefficient (Wildman–Crippen LogP) is 0.780. The molecule has 7 nitrogen and oxygen atoms in total. The lowest BCUT2D eigenvalue weighted by Gasteiger charge is -2.31. The van der Waals surface area contributed by atoms with Gasteiger partial charge in [-0.05, 0) is 12.8 Å². The minimum Gasteiger partial charge on any atom is -0.387 e. The van der Waals surface area contributed by atoms with Gasteiger partial charge in [0, 0.05) is 19.4 Å². The van der Waals surface area contributed by atoms with Gasteiger partial charge in [0.1, 0.15) is 12.2 Å². The van der Waals surface area contributed by atoms with Crippen molar-refractivity contribution in [3.63, 3.8) is 0 Å². The van der Waals surface area contributed by atoms with E-state index in [2.05, 4.69) is 11.9 Å². The number of hydrogen-bond donors (Lipinski definition) is 2. The van der Waals surface area contributed by atoms with Crippen molar-refractivity contribution in [3.05, 3.63) is 33.1 Å². The Bertz CT molecular complexity index is 610. The molecule has 1 aromatic heterocycles. The van der Waals surface area contributed by atoms with Crippen LogP contribution in [0.4, 0.5) is 0 Å². The number of aromatic amines is 1. The normalized spacial score (nSPS) is 31.5. The highest BCUT2D eigenvalue weighted by molar-refractivity contribution is 5.02. The van der Waals surface area contributed by atoms with Gasteiger partial charge in [0.25, 0.3) is 5.56 Å². The molecule has 2 heterocycles. The number of methoxy groups -OCH3 is 1.